The van der Waals surface area contributed by atoms with Gasteiger partial charge in [0.25, 0.3) is 0 Å². The molecule has 0 bridgehead atoms. The Labute approximate surface area is 87.1 Å². The van der Waals surface area contributed by atoms with Crippen LogP contribution in [0.4, 0.5) is 0 Å². The van der Waals surface area contributed by atoms with Gasteiger partial charge in [-0.05, 0) is 20.3 Å². The van der Waals surface area contributed by atoms with Gasteiger partial charge in [0.2, 0.25) is 11.7 Å². The summed E-state index contributed by atoms with van der Waals surface area (Å²) in [5, 5.41) is 8.82. The molecule has 0 aliphatic carbocycles. The van der Waals surface area contributed by atoms with E-state index in [1.54, 1.807) is 6.92 Å². The molecule has 82 valence electrons. The zero-order valence-corrected chi connectivity index (χ0v) is 8.69. The number of aromatic nitrogens is 1. The molecule has 5 nitrogen and oxygen atoms in total. The second kappa shape index (κ2) is 3.66. The van der Waals surface area contributed by atoms with Crippen molar-refractivity contribution in [3.8, 4) is 0 Å². The molecule has 2 heterocycles. The third-order valence-corrected chi connectivity index (χ3v) is 2.70. The van der Waals surface area contributed by atoms with E-state index in [1.807, 2.05) is 6.92 Å². The number of oxazole rings is 1. The van der Waals surface area contributed by atoms with Crippen LogP contribution in [0, 0.1) is 6.92 Å². The highest BCUT2D eigenvalue weighted by molar-refractivity contribution is 5.85. The van der Waals surface area contributed by atoms with Gasteiger partial charge in [-0.2, -0.15) is 0 Å². The number of hydrogen-bond acceptors (Lipinski definition) is 4. The quantitative estimate of drug-likeness (QED) is 0.803. The molecule has 0 unspecified atom stereocenters. The Morgan fingerprint density at radius 3 is 2.80 bits per heavy atom. The Kier molecular flexibility index (Phi) is 2.48. The van der Waals surface area contributed by atoms with Crippen molar-refractivity contribution in [1.82, 2.24) is 4.98 Å². The zero-order chi connectivity index (χ0) is 11.0. The van der Waals surface area contributed by atoms with Crippen LogP contribution in [0.3, 0.4) is 0 Å². The van der Waals surface area contributed by atoms with Gasteiger partial charge in [-0.25, -0.2) is 9.78 Å². The molecule has 1 aromatic rings. The Morgan fingerprint density at radius 1 is 1.60 bits per heavy atom. The van der Waals surface area contributed by atoms with Crippen LogP contribution in [-0.4, -0.2) is 28.8 Å². The fourth-order valence-corrected chi connectivity index (χ4v) is 1.83. The van der Waals surface area contributed by atoms with Crippen LogP contribution in [0.5, 0.6) is 0 Å². The van der Waals surface area contributed by atoms with E-state index in [1.165, 1.54) is 0 Å². The van der Waals surface area contributed by atoms with E-state index in [2.05, 4.69) is 4.98 Å². The van der Waals surface area contributed by atoms with E-state index in [0.717, 1.165) is 6.42 Å². The van der Waals surface area contributed by atoms with Gasteiger partial charge in [0, 0.05) is 6.61 Å². The fraction of sp³-hybridized carbons (Fsp3) is 0.600. The molecule has 0 radical (unpaired) electrons. The summed E-state index contributed by atoms with van der Waals surface area (Å²) in [7, 11) is 0. The summed E-state index contributed by atoms with van der Waals surface area (Å²) in [4.78, 5) is 14.9. The van der Waals surface area contributed by atoms with Gasteiger partial charge in [-0.3, -0.25) is 0 Å². The van der Waals surface area contributed by atoms with Crippen molar-refractivity contribution in [3.63, 3.8) is 0 Å². The average molecular weight is 211 g/mol. The Balaban J connectivity index is 2.29. The first-order chi connectivity index (χ1) is 7.09. The van der Waals surface area contributed by atoms with Crippen molar-refractivity contribution < 1.29 is 19.1 Å². The molecule has 2 rings (SSSR count). The Bertz CT molecular complexity index is 385. The summed E-state index contributed by atoms with van der Waals surface area (Å²) >= 11 is 0. The molecule has 15 heavy (non-hydrogen) atoms. The number of hydrogen-bond donors (Lipinski definition) is 1. The molecule has 1 aliphatic rings. The lowest BCUT2D eigenvalue weighted by atomic mass is 10.0. The number of rotatable bonds is 2. The summed E-state index contributed by atoms with van der Waals surface area (Å²) in [5.41, 5.74) is 0.427. The normalized spacial score (nSPS) is 25.7. The minimum atomic E-state index is -1.07. The molecule has 5 heteroatoms. The maximum Gasteiger partial charge on any atom is 0.373 e. The van der Waals surface area contributed by atoms with Crippen molar-refractivity contribution in [3.05, 3.63) is 17.3 Å². The SMILES string of the molecule is Cc1nc([C@H]2CCO[C@@H]2C)oc1C(=O)O. The van der Waals surface area contributed by atoms with Crippen molar-refractivity contribution >= 4 is 5.97 Å². The molecule has 1 fully saturated rings. The van der Waals surface area contributed by atoms with Crippen molar-refractivity contribution in [1.29, 1.82) is 0 Å². The second-order valence-electron chi connectivity index (χ2n) is 3.74. The number of nitrogens with zero attached hydrogens (tertiary/aromatic N) is 1. The van der Waals surface area contributed by atoms with Crippen LogP contribution in [-0.2, 0) is 4.74 Å². The molecule has 0 spiro atoms. The number of ether oxygens (including phenoxy) is 1. The Hall–Kier alpha value is -1.36. The average Bonchev–Trinajstić information content (AvgIpc) is 2.71. The maximum atomic E-state index is 10.8. The predicted octanol–water partition coefficient (Wildman–Crippen LogP) is 1.57. The topological polar surface area (TPSA) is 72.6 Å². The molecule has 0 saturated carbocycles. The van der Waals surface area contributed by atoms with E-state index < -0.39 is 5.97 Å². The highest BCUT2D eigenvalue weighted by Gasteiger charge is 2.31. The number of aromatic carboxylic acids is 1. The highest BCUT2D eigenvalue weighted by atomic mass is 16.5. The minimum Gasteiger partial charge on any atom is -0.475 e. The summed E-state index contributed by atoms with van der Waals surface area (Å²) in [6.07, 6.45) is 0.880. The molecular weight excluding hydrogens is 198 g/mol. The number of carboxylic acid groups (broad SMARTS) is 1. The van der Waals surface area contributed by atoms with Crippen molar-refractivity contribution in [2.24, 2.45) is 0 Å². The van der Waals surface area contributed by atoms with Crippen LogP contribution in [0.2, 0.25) is 0 Å². The van der Waals surface area contributed by atoms with Crippen LogP contribution in [0.1, 0.15) is 41.4 Å². The van der Waals surface area contributed by atoms with E-state index >= 15 is 0 Å². The Morgan fingerprint density at radius 2 is 2.33 bits per heavy atom. The fourth-order valence-electron chi connectivity index (χ4n) is 1.83. The van der Waals surface area contributed by atoms with E-state index in [9.17, 15) is 4.79 Å². The summed E-state index contributed by atoms with van der Waals surface area (Å²) < 4.78 is 10.6. The molecule has 1 N–H and O–H groups in total. The second-order valence-corrected chi connectivity index (χ2v) is 3.74. The van der Waals surface area contributed by atoms with E-state index in [4.69, 9.17) is 14.3 Å². The van der Waals surface area contributed by atoms with Crippen molar-refractivity contribution in [2.75, 3.05) is 6.61 Å². The van der Waals surface area contributed by atoms with Crippen LogP contribution >= 0.6 is 0 Å². The molecular formula is C10H13NO4. The summed E-state index contributed by atoms with van der Waals surface area (Å²) in [6.45, 7) is 4.25. The monoisotopic (exact) mass is 211 g/mol. The first-order valence-corrected chi connectivity index (χ1v) is 4.92. The lowest BCUT2D eigenvalue weighted by Gasteiger charge is -2.08. The largest absolute Gasteiger partial charge is 0.475 e. The van der Waals surface area contributed by atoms with Crippen LogP contribution < -0.4 is 0 Å². The molecule has 0 aromatic carbocycles. The third kappa shape index (κ3) is 1.74. The summed E-state index contributed by atoms with van der Waals surface area (Å²) in [6, 6.07) is 0. The first kappa shape index (κ1) is 10.2. The van der Waals surface area contributed by atoms with Gasteiger partial charge in [0.1, 0.15) is 0 Å². The molecule has 2 atom stereocenters. The smallest absolute Gasteiger partial charge is 0.373 e. The van der Waals surface area contributed by atoms with Crippen molar-refractivity contribution in [2.45, 2.75) is 32.3 Å². The molecule has 1 saturated heterocycles. The van der Waals surface area contributed by atoms with E-state index in [0.29, 0.717) is 18.2 Å². The van der Waals surface area contributed by atoms with Gasteiger partial charge in [-0.1, -0.05) is 0 Å². The van der Waals surface area contributed by atoms with Gasteiger partial charge in [0.15, 0.2) is 0 Å². The molecule has 0 amide bonds. The maximum absolute atomic E-state index is 10.8. The molecule has 1 aromatic heterocycles. The van der Waals surface area contributed by atoms with Gasteiger partial charge < -0.3 is 14.3 Å². The lowest BCUT2D eigenvalue weighted by molar-refractivity contribution is 0.0655. The van der Waals surface area contributed by atoms with Crippen LogP contribution in [0.15, 0.2) is 4.42 Å². The third-order valence-electron chi connectivity index (χ3n) is 2.70. The lowest BCUT2D eigenvalue weighted by Crippen LogP contribution is -2.09. The predicted molar refractivity (Wildman–Crippen MR) is 51.0 cm³/mol. The number of carbonyl (C=O) groups is 1. The summed E-state index contributed by atoms with van der Waals surface area (Å²) in [5.74, 6) is -0.575. The minimum absolute atomic E-state index is 0.0460. The van der Waals surface area contributed by atoms with Gasteiger partial charge >= 0.3 is 5.97 Å². The highest BCUT2D eigenvalue weighted by Crippen LogP contribution is 2.31. The van der Waals surface area contributed by atoms with E-state index in [-0.39, 0.29) is 17.8 Å². The number of aryl methyl sites for hydroxylation is 1. The standard InChI is InChI=1S/C10H13NO4/c1-5-8(10(12)13)15-9(11-5)7-3-4-14-6(7)2/h6-7H,3-4H2,1-2H3,(H,12,13)/t6-,7+/m1/s1. The first-order valence-electron chi connectivity index (χ1n) is 4.92. The van der Waals surface area contributed by atoms with Crippen LogP contribution in [0.25, 0.3) is 0 Å². The van der Waals surface area contributed by atoms with Gasteiger partial charge in [0.05, 0.1) is 17.7 Å². The number of carboxylic acids is 1. The van der Waals surface area contributed by atoms with Gasteiger partial charge in [-0.15, -0.1) is 0 Å². The molecule has 1 aliphatic heterocycles. The zero-order valence-electron chi connectivity index (χ0n) is 8.69.